The lowest BCUT2D eigenvalue weighted by Crippen LogP contribution is -2.25. The largest absolute Gasteiger partial charge is 0.343 e. The molecule has 0 saturated heterocycles. The number of nitrogens with one attached hydrogen (secondary N) is 1. The molecule has 0 aliphatic heterocycles. The van der Waals surface area contributed by atoms with Gasteiger partial charge in [0, 0.05) is 44.8 Å². The van der Waals surface area contributed by atoms with Gasteiger partial charge in [0.15, 0.2) is 0 Å². The number of rotatable bonds is 10. The van der Waals surface area contributed by atoms with Gasteiger partial charge in [0.05, 0.1) is 0 Å². The van der Waals surface area contributed by atoms with Crippen LogP contribution < -0.4 is 10.4 Å². The minimum atomic E-state index is -0.373. The summed E-state index contributed by atoms with van der Waals surface area (Å²) in [6, 6.07) is 1.58. The lowest BCUT2D eigenvalue weighted by atomic mass is 10.1. The van der Waals surface area contributed by atoms with Gasteiger partial charge in [-0.1, -0.05) is 12.8 Å². The van der Waals surface area contributed by atoms with Gasteiger partial charge >= 0.3 is 0 Å². The molecule has 2 heterocycles. The Kier molecular flexibility index (Phi) is 8.20. The zero-order chi connectivity index (χ0) is 20.5. The van der Waals surface area contributed by atoms with Gasteiger partial charge in [0.25, 0.3) is 5.91 Å². The summed E-state index contributed by atoms with van der Waals surface area (Å²) >= 11 is 1.26. The highest BCUT2D eigenvalue weighted by molar-refractivity contribution is 7.09. The van der Waals surface area contributed by atoms with Gasteiger partial charge in [-0.25, -0.2) is 20.4 Å². The van der Waals surface area contributed by atoms with E-state index < -0.39 is 0 Å². The first-order chi connectivity index (χ1) is 13.4. The molecule has 2 aromatic heterocycles. The van der Waals surface area contributed by atoms with Crippen LogP contribution in [0, 0.1) is 6.92 Å². The molecule has 0 unspecified atom stereocenters. The Labute approximate surface area is 167 Å². The summed E-state index contributed by atoms with van der Waals surface area (Å²) in [6.45, 7) is 2.43. The lowest BCUT2D eigenvalue weighted by Gasteiger charge is -2.20. The van der Waals surface area contributed by atoms with Crippen molar-refractivity contribution < 1.29 is 14.8 Å². The number of hydrogen-bond acceptors (Lipinski definition) is 9. The normalized spacial score (nSPS) is 10.6. The molecular weight excluding hydrogens is 382 g/mol. The van der Waals surface area contributed by atoms with Crippen LogP contribution >= 0.6 is 11.5 Å². The second-order valence-electron chi connectivity index (χ2n) is 6.42. The smallest absolute Gasteiger partial charge is 0.272 e. The van der Waals surface area contributed by atoms with Crippen LogP contribution in [-0.2, 0) is 4.79 Å². The molecule has 2 N–H and O–H groups in total. The Bertz CT molecular complexity index is 797. The molecule has 11 heteroatoms. The fourth-order valence-electron chi connectivity index (χ4n) is 2.47. The van der Waals surface area contributed by atoms with Gasteiger partial charge in [-0.2, -0.15) is 4.37 Å². The highest BCUT2D eigenvalue weighted by atomic mass is 32.1. The molecule has 152 valence electrons. The predicted octanol–water partition coefficient (Wildman–Crippen LogP) is 1.93. The van der Waals surface area contributed by atoms with E-state index in [1.54, 1.807) is 31.8 Å². The van der Waals surface area contributed by atoms with Gasteiger partial charge in [0.1, 0.15) is 11.5 Å². The quantitative estimate of drug-likeness (QED) is 0.348. The highest BCUT2D eigenvalue weighted by Crippen LogP contribution is 2.25. The van der Waals surface area contributed by atoms with Crippen LogP contribution in [0.25, 0.3) is 0 Å². The molecule has 28 heavy (non-hydrogen) atoms. The minimum Gasteiger partial charge on any atom is -0.343 e. The number of amides is 2. The van der Waals surface area contributed by atoms with E-state index >= 15 is 0 Å². The highest BCUT2D eigenvalue weighted by Gasteiger charge is 2.19. The molecule has 0 radical (unpaired) electrons. The summed E-state index contributed by atoms with van der Waals surface area (Å²) in [5, 5.41) is 9.17. The van der Waals surface area contributed by atoms with Crippen LogP contribution in [-0.4, -0.2) is 61.9 Å². The van der Waals surface area contributed by atoms with Crippen LogP contribution in [0.3, 0.4) is 0 Å². The van der Waals surface area contributed by atoms with E-state index in [-0.39, 0.29) is 11.8 Å². The molecule has 2 aromatic rings. The van der Waals surface area contributed by atoms with E-state index in [1.165, 1.54) is 16.4 Å². The fraction of sp³-hybridized carbons (Fsp3) is 0.529. The van der Waals surface area contributed by atoms with Crippen molar-refractivity contribution in [2.75, 3.05) is 25.5 Å². The number of hydrogen-bond donors (Lipinski definition) is 2. The second kappa shape index (κ2) is 10.6. The predicted molar refractivity (Wildman–Crippen MR) is 105 cm³/mol. The molecular formula is C17H25N7O3S. The summed E-state index contributed by atoms with van der Waals surface area (Å²) < 4.78 is 4.23. The van der Waals surface area contributed by atoms with E-state index in [0.717, 1.165) is 19.3 Å². The molecule has 0 spiro atoms. The Morgan fingerprint density at radius 3 is 2.57 bits per heavy atom. The number of aryl methyl sites for hydroxylation is 1. The van der Waals surface area contributed by atoms with Crippen LogP contribution in [0.2, 0.25) is 0 Å². The third kappa shape index (κ3) is 6.20. The SMILES string of the molecule is Cc1nsc(N(CCCCCCC(=O)NO)c2nccc(C(=O)N(C)C)n2)n1. The van der Waals surface area contributed by atoms with Crippen molar-refractivity contribution in [2.24, 2.45) is 0 Å². The van der Waals surface area contributed by atoms with Crippen molar-refractivity contribution in [3.63, 3.8) is 0 Å². The lowest BCUT2D eigenvalue weighted by molar-refractivity contribution is -0.129. The summed E-state index contributed by atoms with van der Waals surface area (Å²) in [5.41, 5.74) is 1.95. The average molecular weight is 408 g/mol. The van der Waals surface area contributed by atoms with Gasteiger partial charge in [-0.15, -0.1) is 0 Å². The molecule has 0 aromatic carbocycles. The Morgan fingerprint density at radius 1 is 1.18 bits per heavy atom. The van der Waals surface area contributed by atoms with Crippen molar-refractivity contribution in [3.05, 3.63) is 23.8 Å². The first-order valence-corrected chi connectivity index (χ1v) is 9.75. The zero-order valence-electron chi connectivity index (χ0n) is 16.3. The Hall–Kier alpha value is -2.66. The van der Waals surface area contributed by atoms with Crippen LogP contribution in [0.5, 0.6) is 0 Å². The molecule has 0 atom stereocenters. The third-order valence-corrected chi connectivity index (χ3v) is 4.75. The second-order valence-corrected chi connectivity index (χ2v) is 7.15. The number of carbonyl (C=O) groups is 2. The molecule has 0 aliphatic rings. The van der Waals surface area contributed by atoms with E-state index in [1.807, 2.05) is 11.8 Å². The van der Waals surface area contributed by atoms with Crippen LogP contribution in [0.4, 0.5) is 11.1 Å². The van der Waals surface area contributed by atoms with Crippen molar-refractivity contribution in [2.45, 2.75) is 39.0 Å². The van der Waals surface area contributed by atoms with E-state index in [4.69, 9.17) is 5.21 Å². The van der Waals surface area contributed by atoms with Crippen LogP contribution in [0.15, 0.2) is 12.3 Å². The van der Waals surface area contributed by atoms with E-state index in [9.17, 15) is 9.59 Å². The number of aromatic nitrogens is 4. The summed E-state index contributed by atoms with van der Waals surface area (Å²) in [5.74, 6) is 0.505. The first kappa shape index (κ1) is 21.6. The number of hydroxylamine groups is 1. The van der Waals surface area contributed by atoms with E-state index in [0.29, 0.717) is 42.0 Å². The van der Waals surface area contributed by atoms with E-state index in [2.05, 4.69) is 19.3 Å². The first-order valence-electron chi connectivity index (χ1n) is 8.98. The van der Waals surface area contributed by atoms with Gasteiger partial charge < -0.3 is 4.90 Å². The van der Waals surface area contributed by atoms with Gasteiger partial charge in [0.2, 0.25) is 17.0 Å². The Balaban J connectivity index is 2.06. The summed E-state index contributed by atoms with van der Waals surface area (Å²) in [6.07, 6.45) is 5.14. The minimum absolute atomic E-state index is 0.195. The molecule has 10 nitrogen and oxygen atoms in total. The molecule has 0 aliphatic carbocycles. The molecule has 2 rings (SSSR count). The Morgan fingerprint density at radius 2 is 1.93 bits per heavy atom. The molecule has 0 fully saturated rings. The maximum Gasteiger partial charge on any atom is 0.272 e. The molecule has 2 amide bonds. The number of carbonyl (C=O) groups excluding carboxylic acids is 2. The number of unbranched alkanes of at least 4 members (excludes halogenated alkanes) is 3. The summed E-state index contributed by atoms with van der Waals surface area (Å²) in [4.78, 5) is 39.7. The maximum atomic E-state index is 12.2. The maximum absolute atomic E-state index is 12.2. The zero-order valence-corrected chi connectivity index (χ0v) is 17.1. The molecule has 0 saturated carbocycles. The topological polar surface area (TPSA) is 124 Å². The monoisotopic (exact) mass is 407 g/mol. The van der Waals surface area contributed by atoms with Gasteiger partial charge in [-0.3, -0.25) is 19.7 Å². The average Bonchev–Trinajstić information content (AvgIpc) is 3.12. The standard InChI is InChI=1S/C17H25N7O3S/c1-12-19-17(28-22-12)24(11-7-5-4-6-8-14(25)21-27)16-18-10-9-13(20-16)15(26)23(2)3/h9-10,27H,4-8,11H2,1-3H3,(H,21,25). The van der Waals surface area contributed by atoms with Crippen molar-refractivity contribution in [3.8, 4) is 0 Å². The van der Waals surface area contributed by atoms with Crippen molar-refractivity contribution >= 4 is 34.4 Å². The summed E-state index contributed by atoms with van der Waals surface area (Å²) in [7, 11) is 3.35. The third-order valence-electron chi connectivity index (χ3n) is 3.92. The fourth-order valence-corrected chi connectivity index (χ4v) is 3.17. The van der Waals surface area contributed by atoms with Crippen LogP contribution in [0.1, 0.15) is 48.4 Å². The van der Waals surface area contributed by atoms with Crippen molar-refractivity contribution in [1.82, 2.24) is 29.7 Å². The van der Waals surface area contributed by atoms with Gasteiger partial charge in [-0.05, 0) is 25.8 Å². The number of anilines is 2. The number of nitrogens with zero attached hydrogens (tertiary/aromatic N) is 6. The van der Waals surface area contributed by atoms with Crippen molar-refractivity contribution in [1.29, 1.82) is 0 Å². The molecule has 0 bridgehead atoms.